The highest BCUT2D eigenvalue weighted by Crippen LogP contribution is 2.28. The van der Waals surface area contributed by atoms with E-state index in [9.17, 15) is 4.79 Å². The van der Waals surface area contributed by atoms with E-state index in [1.165, 1.54) is 11.1 Å². The minimum atomic E-state index is -0.269. The number of benzene rings is 2. The summed E-state index contributed by atoms with van der Waals surface area (Å²) in [6.07, 6.45) is 0.842. The number of esters is 1. The number of carbonyl (C=O) groups excluding carboxylic acids is 1. The molecule has 3 rings (SSSR count). The van der Waals surface area contributed by atoms with Crippen molar-refractivity contribution in [2.75, 3.05) is 6.61 Å². The predicted octanol–water partition coefficient (Wildman–Crippen LogP) is 3.05. The average molecular weight is 295 g/mol. The highest BCUT2D eigenvalue weighted by molar-refractivity contribution is 5.79. The van der Waals surface area contributed by atoms with Crippen LogP contribution in [0, 0.1) is 0 Å². The number of rotatable bonds is 4. The van der Waals surface area contributed by atoms with Gasteiger partial charge < -0.3 is 10.1 Å². The Morgan fingerprint density at radius 1 is 1.14 bits per heavy atom. The molecule has 2 atom stereocenters. The summed E-state index contributed by atoms with van der Waals surface area (Å²) >= 11 is 0. The Hall–Kier alpha value is -2.13. The molecule has 3 nitrogen and oxygen atoms in total. The molecule has 0 saturated heterocycles. The fourth-order valence-electron chi connectivity index (χ4n) is 3.14. The lowest BCUT2D eigenvalue weighted by atomic mass is 9.84. The van der Waals surface area contributed by atoms with Gasteiger partial charge in [0.15, 0.2) is 0 Å². The van der Waals surface area contributed by atoms with Gasteiger partial charge in [-0.1, -0.05) is 54.6 Å². The fraction of sp³-hybridized carbons (Fsp3) is 0.316. The molecule has 0 fully saturated rings. The third-order valence-electron chi connectivity index (χ3n) is 4.21. The van der Waals surface area contributed by atoms with E-state index in [0.717, 1.165) is 18.5 Å². The monoisotopic (exact) mass is 295 g/mol. The van der Waals surface area contributed by atoms with Gasteiger partial charge in [-0.2, -0.15) is 0 Å². The zero-order chi connectivity index (χ0) is 15.4. The first-order chi connectivity index (χ1) is 10.8. The second kappa shape index (κ2) is 6.75. The zero-order valence-electron chi connectivity index (χ0n) is 12.8. The molecule has 0 radical (unpaired) electrons. The van der Waals surface area contributed by atoms with Gasteiger partial charge in [0.2, 0.25) is 0 Å². The van der Waals surface area contributed by atoms with E-state index in [2.05, 4.69) is 29.6 Å². The van der Waals surface area contributed by atoms with Gasteiger partial charge in [0.1, 0.15) is 0 Å². The van der Waals surface area contributed by atoms with E-state index in [4.69, 9.17) is 4.74 Å². The molecule has 0 saturated carbocycles. The van der Waals surface area contributed by atoms with Crippen molar-refractivity contribution in [3.05, 3.63) is 71.3 Å². The minimum absolute atomic E-state index is 0.0661. The van der Waals surface area contributed by atoms with Gasteiger partial charge >= 0.3 is 5.97 Å². The van der Waals surface area contributed by atoms with E-state index in [1.54, 1.807) is 0 Å². The van der Waals surface area contributed by atoms with Gasteiger partial charge in [-0.25, -0.2) is 0 Å². The van der Waals surface area contributed by atoms with Crippen LogP contribution in [0.3, 0.4) is 0 Å². The van der Waals surface area contributed by atoms with E-state index < -0.39 is 0 Å². The Kier molecular flexibility index (Phi) is 4.54. The van der Waals surface area contributed by atoms with Crippen LogP contribution in [-0.4, -0.2) is 18.6 Å². The molecule has 0 aromatic heterocycles. The molecule has 0 amide bonds. The Morgan fingerprint density at radius 2 is 1.82 bits per heavy atom. The maximum Gasteiger partial charge on any atom is 0.315 e. The maximum absolute atomic E-state index is 12.5. The van der Waals surface area contributed by atoms with Crippen molar-refractivity contribution in [1.82, 2.24) is 5.32 Å². The van der Waals surface area contributed by atoms with Crippen LogP contribution in [0.4, 0.5) is 0 Å². The van der Waals surface area contributed by atoms with Gasteiger partial charge in [0.25, 0.3) is 0 Å². The summed E-state index contributed by atoms with van der Waals surface area (Å²) in [5.41, 5.74) is 3.64. The van der Waals surface area contributed by atoms with Crippen molar-refractivity contribution in [2.24, 2.45) is 0 Å². The highest BCUT2D eigenvalue weighted by atomic mass is 16.5. The van der Waals surface area contributed by atoms with Crippen molar-refractivity contribution in [3.8, 4) is 0 Å². The summed E-state index contributed by atoms with van der Waals surface area (Å²) in [7, 11) is 0. The molecule has 114 valence electrons. The second-order valence-corrected chi connectivity index (χ2v) is 5.60. The number of carbonyl (C=O) groups is 1. The summed E-state index contributed by atoms with van der Waals surface area (Å²) in [4.78, 5) is 12.5. The molecule has 2 aromatic rings. The lowest BCUT2D eigenvalue weighted by molar-refractivity contribution is -0.145. The van der Waals surface area contributed by atoms with Gasteiger partial charge in [0, 0.05) is 12.6 Å². The molecule has 0 bridgehead atoms. The minimum Gasteiger partial charge on any atom is -0.465 e. The summed E-state index contributed by atoms with van der Waals surface area (Å²) in [5, 5.41) is 3.51. The number of nitrogens with one attached hydrogen (secondary N) is 1. The SMILES string of the molecule is CCOC(=O)C(c1ccccc1)C1Cc2ccccc2CN1. The van der Waals surface area contributed by atoms with Crippen molar-refractivity contribution in [3.63, 3.8) is 0 Å². The first-order valence-electron chi connectivity index (χ1n) is 7.81. The Labute approximate surface area is 131 Å². The molecule has 0 aliphatic carbocycles. The van der Waals surface area contributed by atoms with Crippen LogP contribution in [0.1, 0.15) is 29.5 Å². The average Bonchev–Trinajstić information content (AvgIpc) is 2.56. The predicted molar refractivity (Wildman–Crippen MR) is 86.6 cm³/mol. The lowest BCUT2D eigenvalue weighted by Crippen LogP contribution is -2.43. The zero-order valence-corrected chi connectivity index (χ0v) is 12.8. The van der Waals surface area contributed by atoms with E-state index in [1.807, 2.05) is 37.3 Å². The Morgan fingerprint density at radius 3 is 2.55 bits per heavy atom. The van der Waals surface area contributed by atoms with E-state index in [0.29, 0.717) is 6.61 Å². The van der Waals surface area contributed by atoms with Crippen LogP contribution in [-0.2, 0) is 22.5 Å². The summed E-state index contributed by atoms with van der Waals surface area (Å²) in [6.45, 7) is 3.05. The second-order valence-electron chi connectivity index (χ2n) is 5.60. The van der Waals surface area contributed by atoms with E-state index in [-0.39, 0.29) is 17.9 Å². The summed E-state index contributed by atoms with van der Waals surface area (Å²) < 4.78 is 5.32. The van der Waals surface area contributed by atoms with Crippen LogP contribution >= 0.6 is 0 Å². The molecule has 1 aliphatic rings. The maximum atomic E-state index is 12.5. The van der Waals surface area contributed by atoms with Crippen molar-refractivity contribution < 1.29 is 9.53 Å². The molecule has 22 heavy (non-hydrogen) atoms. The van der Waals surface area contributed by atoms with Gasteiger partial charge in [0.05, 0.1) is 12.5 Å². The topological polar surface area (TPSA) is 38.3 Å². The Bertz CT molecular complexity index is 639. The third kappa shape index (κ3) is 3.04. The van der Waals surface area contributed by atoms with Gasteiger partial charge in [-0.05, 0) is 30.0 Å². The molecular formula is C19H21NO2. The molecule has 0 spiro atoms. The van der Waals surface area contributed by atoms with Crippen molar-refractivity contribution in [1.29, 1.82) is 0 Å². The van der Waals surface area contributed by atoms with Crippen LogP contribution in [0.2, 0.25) is 0 Å². The third-order valence-corrected chi connectivity index (χ3v) is 4.21. The van der Waals surface area contributed by atoms with Gasteiger partial charge in [-0.3, -0.25) is 4.79 Å². The normalized spacial score (nSPS) is 18.3. The molecule has 1 aliphatic heterocycles. The first-order valence-corrected chi connectivity index (χ1v) is 7.81. The quantitative estimate of drug-likeness (QED) is 0.881. The largest absolute Gasteiger partial charge is 0.465 e. The molecule has 1 heterocycles. The number of ether oxygens (including phenoxy) is 1. The summed E-state index contributed by atoms with van der Waals surface area (Å²) in [5.74, 6) is -0.417. The van der Waals surface area contributed by atoms with Crippen LogP contribution in [0.5, 0.6) is 0 Å². The molecule has 2 unspecified atom stereocenters. The Balaban J connectivity index is 1.89. The fourth-order valence-corrected chi connectivity index (χ4v) is 3.14. The highest BCUT2D eigenvalue weighted by Gasteiger charge is 2.33. The van der Waals surface area contributed by atoms with Crippen molar-refractivity contribution >= 4 is 5.97 Å². The van der Waals surface area contributed by atoms with Gasteiger partial charge in [-0.15, -0.1) is 0 Å². The van der Waals surface area contributed by atoms with Crippen LogP contribution < -0.4 is 5.32 Å². The number of hydrogen-bond donors (Lipinski definition) is 1. The lowest BCUT2D eigenvalue weighted by Gasteiger charge is -2.31. The molecule has 2 aromatic carbocycles. The molecule has 3 heteroatoms. The smallest absolute Gasteiger partial charge is 0.315 e. The van der Waals surface area contributed by atoms with Crippen LogP contribution in [0.25, 0.3) is 0 Å². The molecule has 1 N–H and O–H groups in total. The van der Waals surface area contributed by atoms with E-state index >= 15 is 0 Å². The summed E-state index contributed by atoms with van der Waals surface area (Å²) in [6, 6.07) is 18.4. The first kappa shape index (κ1) is 14.8. The van der Waals surface area contributed by atoms with Crippen molar-refractivity contribution in [2.45, 2.75) is 31.8 Å². The standard InChI is InChI=1S/C19H21NO2/c1-2-22-19(21)18(14-8-4-3-5-9-14)17-12-15-10-6-7-11-16(15)13-20-17/h3-11,17-18,20H,2,12-13H2,1H3. The number of hydrogen-bond acceptors (Lipinski definition) is 3. The molecular weight excluding hydrogens is 274 g/mol. The number of fused-ring (bicyclic) bond motifs is 1. The van der Waals surface area contributed by atoms with Crippen LogP contribution in [0.15, 0.2) is 54.6 Å².